The van der Waals surface area contributed by atoms with Gasteiger partial charge in [0.05, 0.1) is 13.2 Å². The van der Waals surface area contributed by atoms with Crippen molar-refractivity contribution in [2.24, 2.45) is 0 Å². The zero-order chi connectivity index (χ0) is 19.5. The first-order valence-electron chi connectivity index (χ1n) is 10.6. The molecule has 0 bridgehead atoms. The Bertz CT molecular complexity index is 582. The van der Waals surface area contributed by atoms with Crippen LogP contribution in [0.2, 0.25) is 0 Å². The van der Waals surface area contributed by atoms with E-state index in [1.54, 1.807) is 7.05 Å². The summed E-state index contributed by atoms with van der Waals surface area (Å²) in [5.74, 6) is 0.0347. The molecule has 1 aromatic carbocycles. The number of Topliss-reactive ketones (excluding diaryl/α,β-unsaturated/α-hetero) is 1. The Morgan fingerprint density at radius 1 is 0.889 bits per heavy atom. The van der Waals surface area contributed by atoms with Crippen LogP contribution in [0.15, 0.2) is 24.3 Å². The van der Waals surface area contributed by atoms with Crippen molar-refractivity contribution in [2.45, 2.75) is 77.0 Å². The Morgan fingerprint density at radius 3 is 1.96 bits per heavy atom. The second kappa shape index (κ2) is 11.8. The first-order chi connectivity index (χ1) is 13.1. The van der Waals surface area contributed by atoms with Crippen LogP contribution in [0.5, 0.6) is 5.75 Å². The fourth-order valence-electron chi connectivity index (χ4n) is 3.63. The summed E-state index contributed by atoms with van der Waals surface area (Å²) < 4.78 is 5.79. The molecule has 0 saturated carbocycles. The monoisotopic (exact) mass is 373 g/mol. The molecule has 0 spiro atoms. The van der Waals surface area contributed by atoms with Gasteiger partial charge < -0.3 is 9.64 Å². The molecule has 27 heavy (non-hydrogen) atoms. The molecule has 4 nitrogen and oxygen atoms in total. The summed E-state index contributed by atoms with van der Waals surface area (Å²) >= 11 is 0. The number of likely N-dealkylation sites (tertiary alicyclic amines) is 1. The SMILES string of the molecule is CCCCCCCCCCCCOc1ccc(C2C(=O)CN(C)C2=O)cc1. The maximum Gasteiger partial charge on any atom is 0.237 e. The zero-order valence-electron chi connectivity index (χ0n) is 17.0. The summed E-state index contributed by atoms with van der Waals surface area (Å²) in [5.41, 5.74) is 0.764. The van der Waals surface area contributed by atoms with Crippen molar-refractivity contribution in [3.63, 3.8) is 0 Å². The molecule has 0 aromatic heterocycles. The molecular formula is C23H35NO3. The lowest BCUT2D eigenvalue weighted by molar-refractivity contribution is -0.128. The van der Waals surface area contributed by atoms with E-state index in [4.69, 9.17) is 4.74 Å². The highest BCUT2D eigenvalue weighted by Gasteiger charge is 2.38. The van der Waals surface area contributed by atoms with Crippen molar-refractivity contribution in [1.29, 1.82) is 0 Å². The second-order valence-electron chi connectivity index (χ2n) is 7.69. The molecule has 1 amide bonds. The largest absolute Gasteiger partial charge is 0.494 e. The van der Waals surface area contributed by atoms with E-state index >= 15 is 0 Å². The average molecular weight is 374 g/mol. The molecule has 0 N–H and O–H groups in total. The first kappa shape index (κ1) is 21.5. The van der Waals surface area contributed by atoms with E-state index in [-0.39, 0.29) is 18.2 Å². The molecule has 1 heterocycles. The summed E-state index contributed by atoms with van der Waals surface area (Å²) in [6, 6.07) is 7.41. The number of nitrogens with zero attached hydrogens (tertiary/aromatic N) is 1. The van der Waals surface area contributed by atoms with Crippen molar-refractivity contribution in [3.8, 4) is 5.75 Å². The van der Waals surface area contributed by atoms with E-state index in [1.165, 1.54) is 62.7 Å². The summed E-state index contributed by atoms with van der Waals surface area (Å²) in [5, 5.41) is 0. The Balaban J connectivity index is 1.57. The van der Waals surface area contributed by atoms with Crippen LogP contribution >= 0.6 is 0 Å². The summed E-state index contributed by atoms with van der Waals surface area (Å²) in [6.07, 6.45) is 13.1. The van der Waals surface area contributed by atoms with Crippen LogP contribution in [-0.2, 0) is 9.59 Å². The Morgan fingerprint density at radius 2 is 1.44 bits per heavy atom. The molecule has 4 heteroatoms. The smallest absolute Gasteiger partial charge is 0.237 e. The van der Waals surface area contributed by atoms with Gasteiger partial charge in [-0.1, -0.05) is 76.8 Å². The molecule has 150 valence electrons. The van der Waals surface area contributed by atoms with Gasteiger partial charge in [-0.15, -0.1) is 0 Å². The lowest BCUT2D eigenvalue weighted by Crippen LogP contribution is -2.21. The number of likely N-dealkylation sites (N-methyl/N-ethyl adjacent to an activating group) is 1. The zero-order valence-corrected chi connectivity index (χ0v) is 17.0. The van der Waals surface area contributed by atoms with E-state index in [9.17, 15) is 9.59 Å². The third kappa shape index (κ3) is 7.00. The highest BCUT2D eigenvalue weighted by molar-refractivity contribution is 6.12. The van der Waals surface area contributed by atoms with E-state index in [0.717, 1.165) is 24.3 Å². The second-order valence-corrected chi connectivity index (χ2v) is 7.69. The fraction of sp³-hybridized carbons (Fsp3) is 0.652. The number of amides is 1. The number of hydrogen-bond acceptors (Lipinski definition) is 3. The van der Waals surface area contributed by atoms with E-state index in [1.807, 2.05) is 24.3 Å². The van der Waals surface area contributed by atoms with Gasteiger partial charge in [0.1, 0.15) is 11.7 Å². The van der Waals surface area contributed by atoms with E-state index in [0.29, 0.717) is 0 Å². The summed E-state index contributed by atoms with van der Waals surface area (Å²) in [7, 11) is 1.67. The van der Waals surface area contributed by atoms with Crippen LogP contribution in [-0.4, -0.2) is 36.8 Å². The van der Waals surface area contributed by atoms with Crippen LogP contribution in [0, 0.1) is 0 Å². The minimum atomic E-state index is -0.633. The molecule has 1 saturated heterocycles. The number of ether oxygens (including phenoxy) is 1. The van der Waals surface area contributed by atoms with Crippen molar-refractivity contribution < 1.29 is 14.3 Å². The quantitative estimate of drug-likeness (QED) is 0.356. The van der Waals surface area contributed by atoms with Gasteiger partial charge in [-0.2, -0.15) is 0 Å². The predicted molar refractivity (Wildman–Crippen MR) is 109 cm³/mol. The van der Waals surface area contributed by atoms with E-state index in [2.05, 4.69) is 6.92 Å². The number of unbranched alkanes of at least 4 members (excludes halogenated alkanes) is 9. The maximum absolute atomic E-state index is 12.1. The van der Waals surface area contributed by atoms with Gasteiger partial charge in [0.2, 0.25) is 5.91 Å². The van der Waals surface area contributed by atoms with Crippen molar-refractivity contribution >= 4 is 11.7 Å². The third-order valence-corrected chi connectivity index (χ3v) is 5.32. The number of ketones is 1. The Kier molecular flexibility index (Phi) is 9.37. The summed E-state index contributed by atoms with van der Waals surface area (Å²) in [6.45, 7) is 3.19. The topological polar surface area (TPSA) is 46.6 Å². The van der Waals surface area contributed by atoms with Crippen molar-refractivity contribution in [3.05, 3.63) is 29.8 Å². The minimum Gasteiger partial charge on any atom is -0.494 e. The maximum atomic E-state index is 12.1. The van der Waals surface area contributed by atoms with Gasteiger partial charge in [-0.3, -0.25) is 9.59 Å². The molecule has 1 aromatic rings. The number of hydrogen-bond donors (Lipinski definition) is 0. The van der Waals surface area contributed by atoms with Gasteiger partial charge >= 0.3 is 0 Å². The Labute approximate surface area is 164 Å². The molecule has 0 aliphatic carbocycles. The highest BCUT2D eigenvalue weighted by Crippen LogP contribution is 2.26. The van der Waals surface area contributed by atoms with E-state index < -0.39 is 5.92 Å². The average Bonchev–Trinajstić information content (AvgIpc) is 2.92. The molecule has 0 radical (unpaired) electrons. The van der Waals surface area contributed by atoms with Gasteiger partial charge in [-0.05, 0) is 24.1 Å². The fourth-order valence-corrected chi connectivity index (χ4v) is 3.63. The van der Waals surface area contributed by atoms with Crippen LogP contribution in [0.3, 0.4) is 0 Å². The van der Waals surface area contributed by atoms with Crippen LogP contribution < -0.4 is 4.74 Å². The molecule has 2 rings (SSSR count). The van der Waals surface area contributed by atoms with Gasteiger partial charge in [0.25, 0.3) is 0 Å². The standard InChI is InChI=1S/C23H35NO3/c1-3-4-5-6-7-8-9-10-11-12-17-27-20-15-13-19(14-16-20)22-21(25)18-24(2)23(22)26/h13-16,22H,3-12,17-18H2,1-2H3. The molecule has 1 aliphatic rings. The minimum absolute atomic E-state index is 0.0264. The van der Waals surface area contributed by atoms with Crippen LogP contribution in [0.25, 0.3) is 0 Å². The highest BCUT2D eigenvalue weighted by atomic mass is 16.5. The number of benzene rings is 1. The van der Waals surface area contributed by atoms with Crippen molar-refractivity contribution in [2.75, 3.05) is 20.2 Å². The number of carbonyl (C=O) groups excluding carboxylic acids is 2. The Hall–Kier alpha value is -1.84. The van der Waals surface area contributed by atoms with Crippen LogP contribution in [0.1, 0.15) is 82.6 Å². The number of carbonyl (C=O) groups is 2. The van der Waals surface area contributed by atoms with Crippen LogP contribution in [0.4, 0.5) is 0 Å². The molecule has 1 aliphatic heterocycles. The first-order valence-corrected chi connectivity index (χ1v) is 10.6. The normalized spacial score (nSPS) is 17.0. The lowest BCUT2D eigenvalue weighted by atomic mass is 9.97. The molecule has 1 unspecified atom stereocenters. The van der Waals surface area contributed by atoms with Gasteiger partial charge in [0, 0.05) is 7.05 Å². The summed E-state index contributed by atoms with van der Waals surface area (Å²) in [4.78, 5) is 25.5. The van der Waals surface area contributed by atoms with Gasteiger partial charge in [-0.25, -0.2) is 0 Å². The van der Waals surface area contributed by atoms with Gasteiger partial charge in [0.15, 0.2) is 5.78 Å². The molecular weight excluding hydrogens is 338 g/mol. The predicted octanol–water partition coefficient (Wildman–Crippen LogP) is 5.11. The third-order valence-electron chi connectivity index (χ3n) is 5.32. The van der Waals surface area contributed by atoms with Crippen molar-refractivity contribution in [1.82, 2.24) is 4.90 Å². The lowest BCUT2D eigenvalue weighted by Gasteiger charge is -2.10. The molecule has 1 fully saturated rings. The number of rotatable bonds is 13. The molecule has 1 atom stereocenters.